The molecule has 31 heavy (non-hydrogen) atoms. The van der Waals surface area contributed by atoms with E-state index in [9.17, 15) is 27.6 Å². The summed E-state index contributed by atoms with van der Waals surface area (Å²) in [6.07, 6.45) is -4.88. The number of alkyl halides is 3. The standard InChI is InChI=1S/C20H18F3N3O5/c1-19(12-6-8-14(30-2)9-7-12)17(28)26(18(29)25-19)11-16(27)24-13-4-3-5-15(10-13)31-20(21,22)23/h3-10H,11H2,1-2H3,(H,24,27)(H,25,29)/t19-/m1/s1. The van der Waals surface area contributed by atoms with E-state index in [0.717, 1.165) is 17.0 Å². The molecule has 1 atom stereocenters. The average molecular weight is 437 g/mol. The van der Waals surface area contributed by atoms with Crippen LogP contribution in [-0.4, -0.2) is 42.8 Å². The lowest BCUT2D eigenvalue weighted by Gasteiger charge is -2.22. The summed E-state index contributed by atoms with van der Waals surface area (Å²) in [6.45, 7) is 0.881. The topological polar surface area (TPSA) is 97.0 Å². The SMILES string of the molecule is COc1ccc([C@@]2(C)NC(=O)N(CC(=O)Nc3cccc(OC(F)(F)F)c3)C2=O)cc1. The van der Waals surface area contributed by atoms with E-state index < -0.39 is 42.0 Å². The molecule has 11 heteroatoms. The lowest BCUT2D eigenvalue weighted by molar-refractivity contribution is -0.274. The molecule has 0 saturated carbocycles. The Morgan fingerprint density at radius 3 is 2.42 bits per heavy atom. The number of hydrogen-bond donors (Lipinski definition) is 2. The monoisotopic (exact) mass is 437 g/mol. The minimum Gasteiger partial charge on any atom is -0.497 e. The van der Waals surface area contributed by atoms with Crippen molar-refractivity contribution in [2.45, 2.75) is 18.8 Å². The number of amides is 4. The molecule has 1 saturated heterocycles. The predicted molar refractivity (Wildman–Crippen MR) is 102 cm³/mol. The van der Waals surface area contributed by atoms with Crippen molar-refractivity contribution in [2.75, 3.05) is 19.0 Å². The number of nitrogens with one attached hydrogen (secondary N) is 2. The number of carbonyl (C=O) groups excluding carboxylic acids is 3. The zero-order valence-electron chi connectivity index (χ0n) is 16.4. The molecule has 3 rings (SSSR count). The van der Waals surface area contributed by atoms with Crippen LogP contribution in [0.3, 0.4) is 0 Å². The molecule has 2 aromatic carbocycles. The maximum absolute atomic E-state index is 12.9. The maximum atomic E-state index is 12.9. The molecule has 0 unspecified atom stereocenters. The largest absolute Gasteiger partial charge is 0.573 e. The van der Waals surface area contributed by atoms with E-state index in [2.05, 4.69) is 15.4 Å². The molecule has 0 spiro atoms. The Bertz CT molecular complexity index is 1010. The smallest absolute Gasteiger partial charge is 0.497 e. The van der Waals surface area contributed by atoms with Gasteiger partial charge in [-0.3, -0.25) is 14.5 Å². The van der Waals surface area contributed by atoms with E-state index in [-0.39, 0.29) is 5.69 Å². The minimum atomic E-state index is -4.88. The molecule has 0 radical (unpaired) electrons. The van der Waals surface area contributed by atoms with Crippen LogP contribution in [0, 0.1) is 0 Å². The summed E-state index contributed by atoms with van der Waals surface area (Å²) < 4.78 is 45.9. The van der Waals surface area contributed by atoms with Gasteiger partial charge in [-0.15, -0.1) is 13.2 Å². The number of ether oxygens (including phenoxy) is 2. The zero-order valence-corrected chi connectivity index (χ0v) is 16.4. The van der Waals surface area contributed by atoms with Gasteiger partial charge in [-0.25, -0.2) is 4.79 Å². The molecule has 1 fully saturated rings. The van der Waals surface area contributed by atoms with Crippen molar-refractivity contribution < 1.29 is 37.0 Å². The lowest BCUT2D eigenvalue weighted by Crippen LogP contribution is -2.42. The van der Waals surface area contributed by atoms with Gasteiger partial charge in [-0.05, 0) is 36.8 Å². The number of benzene rings is 2. The van der Waals surface area contributed by atoms with Crippen LogP contribution in [-0.2, 0) is 15.1 Å². The van der Waals surface area contributed by atoms with Gasteiger partial charge in [0.25, 0.3) is 5.91 Å². The van der Waals surface area contributed by atoms with Gasteiger partial charge in [0.15, 0.2) is 0 Å². The number of carbonyl (C=O) groups is 3. The van der Waals surface area contributed by atoms with Gasteiger partial charge in [0.1, 0.15) is 23.6 Å². The first-order valence-electron chi connectivity index (χ1n) is 8.96. The van der Waals surface area contributed by atoms with Crippen molar-refractivity contribution in [1.82, 2.24) is 10.2 Å². The Kier molecular flexibility index (Phi) is 5.78. The third-order valence-electron chi connectivity index (χ3n) is 4.60. The molecule has 1 heterocycles. The van der Waals surface area contributed by atoms with Crippen LogP contribution in [0.1, 0.15) is 12.5 Å². The normalized spacial score (nSPS) is 18.5. The minimum absolute atomic E-state index is 0.0109. The molecule has 0 aromatic heterocycles. The highest BCUT2D eigenvalue weighted by Gasteiger charge is 2.49. The maximum Gasteiger partial charge on any atom is 0.573 e. The molecular formula is C20H18F3N3O5. The second-order valence-electron chi connectivity index (χ2n) is 6.80. The Labute approximate surface area is 174 Å². The zero-order chi connectivity index (χ0) is 22.8. The highest BCUT2D eigenvalue weighted by molar-refractivity contribution is 6.10. The van der Waals surface area contributed by atoms with Crippen LogP contribution in [0.2, 0.25) is 0 Å². The fourth-order valence-electron chi connectivity index (χ4n) is 3.08. The molecule has 1 aliphatic heterocycles. The van der Waals surface area contributed by atoms with E-state index in [1.807, 2.05) is 0 Å². The third-order valence-corrected chi connectivity index (χ3v) is 4.60. The van der Waals surface area contributed by atoms with Gasteiger partial charge in [-0.2, -0.15) is 0 Å². The summed E-state index contributed by atoms with van der Waals surface area (Å²) in [7, 11) is 1.49. The van der Waals surface area contributed by atoms with E-state index in [4.69, 9.17) is 4.74 Å². The van der Waals surface area contributed by atoms with Crippen molar-refractivity contribution in [2.24, 2.45) is 0 Å². The second-order valence-corrected chi connectivity index (χ2v) is 6.80. The first-order valence-corrected chi connectivity index (χ1v) is 8.96. The Morgan fingerprint density at radius 1 is 1.13 bits per heavy atom. The molecule has 1 aliphatic rings. The van der Waals surface area contributed by atoms with Crippen LogP contribution < -0.4 is 20.1 Å². The van der Waals surface area contributed by atoms with Crippen LogP contribution in [0.5, 0.6) is 11.5 Å². The molecule has 2 aromatic rings. The average Bonchev–Trinajstić information content (AvgIpc) is 2.91. The van der Waals surface area contributed by atoms with Crippen molar-refractivity contribution in [1.29, 1.82) is 0 Å². The third kappa shape index (κ3) is 4.87. The highest BCUT2D eigenvalue weighted by atomic mass is 19.4. The summed E-state index contributed by atoms with van der Waals surface area (Å²) >= 11 is 0. The molecule has 164 valence electrons. The van der Waals surface area contributed by atoms with Crippen molar-refractivity contribution >= 4 is 23.5 Å². The van der Waals surface area contributed by atoms with Gasteiger partial charge >= 0.3 is 12.4 Å². The number of methoxy groups -OCH3 is 1. The summed E-state index contributed by atoms with van der Waals surface area (Å²) in [5.41, 5.74) is -0.882. The predicted octanol–water partition coefficient (Wildman–Crippen LogP) is 3.00. The van der Waals surface area contributed by atoms with Crippen LogP contribution in [0.25, 0.3) is 0 Å². The summed E-state index contributed by atoms with van der Waals surface area (Å²) in [5, 5.41) is 4.90. The number of halogens is 3. The van der Waals surface area contributed by atoms with Crippen molar-refractivity contribution in [3.8, 4) is 11.5 Å². The van der Waals surface area contributed by atoms with E-state index in [1.54, 1.807) is 24.3 Å². The fourth-order valence-corrected chi connectivity index (χ4v) is 3.08. The second kappa shape index (κ2) is 8.17. The quantitative estimate of drug-likeness (QED) is 0.678. The van der Waals surface area contributed by atoms with Crippen molar-refractivity contribution in [3.05, 3.63) is 54.1 Å². The summed E-state index contributed by atoms with van der Waals surface area (Å²) in [6, 6.07) is 10.4. The van der Waals surface area contributed by atoms with Crippen LogP contribution in [0.15, 0.2) is 48.5 Å². The first-order chi connectivity index (χ1) is 14.5. The van der Waals surface area contributed by atoms with Gasteiger partial charge in [0.2, 0.25) is 5.91 Å². The van der Waals surface area contributed by atoms with Gasteiger partial charge in [0, 0.05) is 11.8 Å². The summed E-state index contributed by atoms with van der Waals surface area (Å²) in [5.74, 6) is -1.37. The van der Waals surface area contributed by atoms with Crippen LogP contribution in [0.4, 0.5) is 23.7 Å². The van der Waals surface area contributed by atoms with Crippen molar-refractivity contribution in [3.63, 3.8) is 0 Å². The fraction of sp³-hybridized carbons (Fsp3) is 0.250. The Hall–Kier alpha value is -3.76. The number of hydrogen-bond acceptors (Lipinski definition) is 5. The molecular weight excluding hydrogens is 419 g/mol. The number of urea groups is 1. The number of anilines is 1. The number of imide groups is 1. The Balaban J connectivity index is 1.69. The molecule has 4 amide bonds. The highest BCUT2D eigenvalue weighted by Crippen LogP contribution is 2.30. The lowest BCUT2D eigenvalue weighted by atomic mass is 9.92. The van der Waals surface area contributed by atoms with Gasteiger partial charge in [-0.1, -0.05) is 18.2 Å². The van der Waals surface area contributed by atoms with Crippen LogP contribution >= 0.6 is 0 Å². The molecule has 0 bridgehead atoms. The number of rotatable bonds is 6. The van der Waals surface area contributed by atoms with Gasteiger partial charge < -0.3 is 20.1 Å². The van der Waals surface area contributed by atoms with E-state index in [1.165, 1.54) is 26.2 Å². The molecule has 2 N–H and O–H groups in total. The molecule has 8 nitrogen and oxygen atoms in total. The molecule has 0 aliphatic carbocycles. The Morgan fingerprint density at radius 2 is 1.81 bits per heavy atom. The summed E-state index contributed by atoms with van der Waals surface area (Å²) in [4.78, 5) is 38.3. The van der Waals surface area contributed by atoms with E-state index in [0.29, 0.717) is 11.3 Å². The van der Waals surface area contributed by atoms with E-state index >= 15 is 0 Å². The first kappa shape index (κ1) is 21.9. The van der Waals surface area contributed by atoms with Gasteiger partial charge in [0.05, 0.1) is 7.11 Å². The number of nitrogens with zero attached hydrogens (tertiary/aromatic N) is 1.